The first-order valence-electron chi connectivity index (χ1n) is 6.57. The average Bonchev–Trinajstić information content (AvgIpc) is 2.55. The van der Waals surface area contributed by atoms with Crippen molar-refractivity contribution in [3.05, 3.63) is 59.8 Å². The number of nitrogen functional groups attached to an aromatic ring is 1. The van der Waals surface area contributed by atoms with Gasteiger partial charge in [0.25, 0.3) is 0 Å². The molecule has 0 saturated heterocycles. The van der Waals surface area contributed by atoms with Gasteiger partial charge in [0.05, 0.1) is 28.4 Å². The van der Waals surface area contributed by atoms with Crippen LogP contribution in [0.15, 0.2) is 48.7 Å². The van der Waals surface area contributed by atoms with Crippen molar-refractivity contribution in [2.24, 2.45) is 0 Å². The summed E-state index contributed by atoms with van der Waals surface area (Å²) in [6.45, 7) is 0. The van der Waals surface area contributed by atoms with Crippen molar-refractivity contribution in [3.8, 4) is 12.1 Å². The third kappa shape index (κ3) is 2.39. The fourth-order valence-electron chi connectivity index (χ4n) is 2.24. The topological polar surface area (TPSA) is 98.5 Å². The summed E-state index contributed by atoms with van der Waals surface area (Å²) >= 11 is 0. The van der Waals surface area contributed by atoms with Crippen LogP contribution in [0, 0.1) is 22.7 Å². The van der Waals surface area contributed by atoms with Crippen LogP contribution in [0.3, 0.4) is 0 Å². The van der Waals surface area contributed by atoms with Crippen LogP contribution < -0.4 is 11.1 Å². The van der Waals surface area contributed by atoms with E-state index < -0.39 is 0 Å². The number of rotatable bonds is 2. The van der Waals surface area contributed by atoms with Crippen molar-refractivity contribution in [3.63, 3.8) is 0 Å². The summed E-state index contributed by atoms with van der Waals surface area (Å²) in [5, 5.41) is 22.3. The van der Waals surface area contributed by atoms with Gasteiger partial charge in [0.15, 0.2) is 0 Å². The van der Waals surface area contributed by atoms with Crippen molar-refractivity contribution in [2.45, 2.75) is 0 Å². The van der Waals surface area contributed by atoms with Crippen LogP contribution in [-0.4, -0.2) is 4.98 Å². The van der Waals surface area contributed by atoms with Crippen LogP contribution in [0.4, 0.5) is 17.1 Å². The molecule has 5 heteroatoms. The second-order valence-corrected chi connectivity index (χ2v) is 4.75. The van der Waals surface area contributed by atoms with Crippen LogP contribution in [0.2, 0.25) is 0 Å². The molecule has 0 fully saturated rings. The standard InChI is InChI=1S/C17H11N5/c18-8-11-2-1-3-14(6-11)22-17-12(9-19)10-21-16-5-4-13(20)7-15(16)17/h1-7,10H,20H2,(H,21,22). The summed E-state index contributed by atoms with van der Waals surface area (Å²) in [7, 11) is 0. The van der Waals surface area contributed by atoms with E-state index in [0.717, 1.165) is 16.6 Å². The van der Waals surface area contributed by atoms with E-state index in [9.17, 15) is 5.26 Å². The number of nitrogens with two attached hydrogens (primary N) is 1. The number of nitrogens with zero attached hydrogens (tertiary/aromatic N) is 3. The lowest BCUT2D eigenvalue weighted by Crippen LogP contribution is -1.98. The van der Waals surface area contributed by atoms with Crippen LogP contribution in [0.25, 0.3) is 10.9 Å². The molecule has 0 atom stereocenters. The van der Waals surface area contributed by atoms with Gasteiger partial charge < -0.3 is 11.1 Å². The average molecular weight is 285 g/mol. The number of fused-ring (bicyclic) bond motifs is 1. The minimum atomic E-state index is 0.417. The molecule has 0 aliphatic rings. The molecule has 0 radical (unpaired) electrons. The number of nitrogens with one attached hydrogen (secondary N) is 1. The van der Waals surface area contributed by atoms with E-state index in [-0.39, 0.29) is 0 Å². The highest BCUT2D eigenvalue weighted by molar-refractivity contribution is 5.97. The largest absolute Gasteiger partial charge is 0.399 e. The van der Waals surface area contributed by atoms with Gasteiger partial charge in [0.1, 0.15) is 6.07 Å². The highest BCUT2D eigenvalue weighted by Crippen LogP contribution is 2.30. The molecule has 22 heavy (non-hydrogen) atoms. The van der Waals surface area contributed by atoms with Crippen molar-refractivity contribution in [2.75, 3.05) is 11.1 Å². The highest BCUT2D eigenvalue weighted by atomic mass is 14.9. The molecular weight excluding hydrogens is 274 g/mol. The van der Waals surface area contributed by atoms with E-state index in [1.165, 1.54) is 6.20 Å². The summed E-state index contributed by atoms with van der Waals surface area (Å²) < 4.78 is 0. The second kappa shape index (κ2) is 5.43. The molecule has 1 aromatic heterocycles. The normalized spacial score (nSPS) is 9.91. The molecule has 2 aromatic carbocycles. The zero-order valence-electron chi connectivity index (χ0n) is 11.5. The number of aromatic nitrogens is 1. The van der Waals surface area contributed by atoms with Crippen LogP contribution in [-0.2, 0) is 0 Å². The maximum Gasteiger partial charge on any atom is 0.103 e. The summed E-state index contributed by atoms with van der Waals surface area (Å²) in [5.74, 6) is 0. The maximum absolute atomic E-state index is 9.31. The van der Waals surface area contributed by atoms with E-state index in [2.05, 4.69) is 22.4 Å². The number of benzene rings is 2. The van der Waals surface area contributed by atoms with Gasteiger partial charge in [-0.3, -0.25) is 4.98 Å². The molecule has 0 amide bonds. The highest BCUT2D eigenvalue weighted by Gasteiger charge is 2.10. The van der Waals surface area contributed by atoms with E-state index in [0.29, 0.717) is 22.5 Å². The first-order chi connectivity index (χ1) is 10.7. The summed E-state index contributed by atoms with van der Waals surface area (Å²) in [6, 6.07) is 16.6. The molecular formula is C17H11N5. The smallest absolute Gasteiger partial charge is 0.103 e. The molecule has 3 aromatic rings. The molecule has 3 N–H and O–H groups in total. The molecule has 104 valence electrons. The second-order valence-electron chi connectivity index (χ2n) is 4.75. The monoisotopic (exact) mass is 285 g/mol. The van der Waals surface area contributed by atoms with E-state index in [1.807, 2.05) is 12.1 Å². The molecule has 0 unspecified atom stereocenters. The Morgan fingerprint density at radius 2 is 1.91 bits per heavy atom. The Kier molecular flexibility index (Phi) is 3.31. The number of hydrogen-bond acceptors (Lipinski definition) is 5. The van der Waals surface area contributed by atoms with E-state index in [1.54, 1.807) is 30.3 Å². The van der Waals surface area contributed by atoms with Gasteiger partial charge in [0.2, 0.25) is 0 Å². The summed E-state index contributed by atoms with van der Waals surface area (Å²) in [6.07, 6.45) is 1.52. The van der Waals surface area contributed by atoms with Gasteiger partial charge in [-0.25, -0.2) is 0 Å². The van der Waals surface area contributed by atoms with Crippen LogP contribution >= 0.6 is 0 Å². The molecule has 0 bridgehead atoms. The quantitative estimate of drug-likeness (QED) is 0.704. The lowest BCUT2D eigenvalue weighted by atomic mass is 10.1. The zero-order chi connectivity index (χ0) is 15.5. The third-order valence-corrected chi connectivity index (χ3v) is 3.27. The van der Waals surface area contributed by atoms with Gasteiger partial charge >= 0.3 is 0 Å². The Labute approximate surface area is 127 Å². The van der Waals surface area contributed by atoms with Crippen LogP contribution in [0.5, 0.6) is 0 Å². The van der Waals surface area contributed by atoms with Gasteiger partial charge in [0, 0.05) is 23.0 Å². The minimum absolute atomic E-state index is 0.417. The number of nitriles is 2. The predicted octanol–water partition coefficient (Wildman–Crippen LogP) is 3.30. The predicted molar refractivity (Wildman–Crippen MR) is 85.3 cm³/mol. The zero-order valence-corrected chi connectivity index (χ0v) is 11.5. The van der Waals surface area contributed by atoms with E-state index in [4.69, 9.17) is 11.0 Å². The van der Waals surface area contributed by atoms with Gasteiger partial charge in [-0.15, -0.1) is 0 Å². The van der Waals surface area contributed by atoms with Crippen molar-refractivity contribution in [1.29, 1.82) is 10.5 Å². The van der Waals surface area contributed by atoms with Crippen molar-refractivity contribution in [1.82, 2.24) is 4.98 Å². The fraction of sp³-hybridized carbons (Fsp3) is 0. The van der Waals surface area contributed by atoms with Gasteiger partial charge in [-0.1, -0.05) is 6.07 Å². The van der Waals surface area contributed by atoms with Gasteiger partial charge in [-0.2, -0.15) is 10.5 Å². The molecule has 0 spiro atoms. The molecule has 1 heterocycles. The Hall–Kier alpha value is -3.57. The first kappa shape index (κ1) is 13.4. The Morgan fingerprint density at radius 3 is 2.68 bits per heavy atom. The Morgan fingerprint density at radius 1 is 1.05 bits per heavy atom. The minimum Gasteiger partial charge on any atom is -0.399 e. The Bertz CT molecular complexity index is 947. The van der Waals surface area contributed by atoms with Crippen LogP contribution in [0.1, 0.15) is 11.1 Å². The SMILES string of the molecule is N#Cc1cccc(Nc2c(C#N)cnc3ccc(N)cc23)c1. The summed E-state index contributed by atoms with van der Waals surface area (Å²) in [5.41, 5.74) is 9.50. The molecule has 3 rings (SSSR count). The summed E-state index contributed by atoms with van der Waals surface area (Å²) in [4.78, 5) is 4.26. The molecule has 5 nitrogen and oxygen atoms in total. The fourth-order valence-corrected chi connectivity index (χ4v) is 2.24. The first-order valence-corrected chi connectivity index (χ1v) is 6.57. The van der Waals surface area contributed by atoms with Crippen molar-refractivity contribution >= 4 is 28.0 Å². The van der Waals surface area contributed by atoms with Crippen molar-refractivity contribution < 1.29 is 0 Å². The van der Waals surface area contributed by atoms with E-state index >= 15 is 0 Å². The number of pyridine rings is 1. The molecule has 0 aliphatic heterocycles. The lowest BCUT2D eigenvalue weighted by molar-refractivity contribution is 1.36. The molecule has 0 aliphatic carbocycles. The third-order valence-electron chi connectivity index (χ3n) is 3.27. The van der Waals surface area contributed by atoms with Gasteiger partial charge in [-0.05, 0) is 36.4 Å². The number of hydrogen-bond donors (Lipinski definition) is 2. The number of anilines is 3. The Balaban J connectivity index is 2.18. The lowest BCUT2D eigenvalue weighted by Gasteiger charge is -2.12. The molecule has 0 saturated carbocycles. The maximum atomic E-state index is 9.31.